The van der Waals surface area contributed by atoms with Gasteiger partial charge in [-0.2, -0.15) is 31.0 Å². The molecular formula is C6H14N4W3. The summed E-state index contributed by atoms with van der Waals surface area (Å²) in [5.74, 6) is 1.42. The van der Waals surface area contributed by atoms with E-state index < -0.39 is 0 Å². The summed E-state index contributed by atoms with van der Waals surface area (Å²) in [5, 5.41) is 9.26. The van der Waals surface area contributed by atoms with Crippen LogP contribution in [0.1, 0.15) is 20.8 Å². The van der Waals surface area contributed by atoms with E-state index in [-0.39, 0.29) is 69.9 Å². The predicted octanol–water partition coefficient (Wildman–Crippen LogP) is 2.66. The molecule has 0 aromatic heterocycles. The van der Waals surface area contributed by atoms with Crippen molar-refractivity contribution in [3.05, 3.63) is 11.4 Å². The number of azo groups is 1. The van der Waals surface area contributed by atoms with Crippen molar-refractivity contribution in [2.75, 3.05) is 13.7 Å². The van der Waals surface area contributed by atoms with Crippen molar-refractivity contribution in [1.29, 1.82) is 0 Å². The van der Waals surface area contributed by atoms with Gasteiger partial charge in [-0.25, -0.2) is 0 Å². The van der Waals surface area contributed by atoms with Gasteiger partial charge in [0.05, 0.1) is 0 Å². The standard InChI is InChI=1S/C4H9.C2H5N4.3W/c1-4(2)3;1-4-6-2-5-3;;;/h1-3H3;2H2,1H3;;;/q2*-1;;;+2. The second-order valence-electron chi connectivity index (χ2n) is 2.12. The third-order valence-electron chi connectivity index (χ3n) is 0.268. The van der Waals surface area contributed by atoms with E-state index in [0.717, 1.165) is 0 Å². The van der Waals surface area contributed by atoms with Gasteiger partial charge in [-0.15, -0.1) is 0 Å². The van der Waals surface area contributed by atoms with Gasteiger partial charge in [0.1, 0.15) is 6.67 Å². The van der Waals surface area contributed by atoms with Gasteiger partial charge in [-0.3, -0.25) is 0 Å². The molecule has 0 aliphatic carbocycles. The normalized spacial score (nSPS) is 7.15. The van der Waals surface area contributed by atoms with Crippen LogP contribution in [0.5, 0.6) is 0 Å². The Kier molecular flexibility index (Phi) is 65.7. The maximum Gasteiger partial charge on any atom is 2.00 e. The molecule has 13 heavy (non-hydrogen) atoms. The molecule has 0 amide bonds. The van der Waals surface area contributed by atoms with Gasteiger partial charge >= 0.3 is 21.1 Å². The zero-order valence-electron chi connectivity index (χ0n) is 8.22. The number of nitrogens with zero attached hydrogens (tertiary/aromatic N) is 4. The van der Waals surface area contributed by atoms with Gasteiger partial charge in [-0.1, -0.05) is 0 Å². The van der Waals surface area contributed by atoms with E-state index in [2.05, 4.69) is 36.1 Å². The van der Waals surface area contributed by atoms with Gasteiger partial charge in [0.25, 0.3) is 0 Å². The van der Waals surface area contributed by atoms with Crippen LogP contribution in [0.15, 0.2) is 15.3 Å². The Morgan fingerprint density at radius 3 is 1.54 bits per heavy atom. The molecule has 76 valence electrons. The predicted molar refractivity (Wildman–Crippen MR) is 41.7 cm³/mol. The largest absolute Gasteiger partial charge is 2.00 e. The summed E-state index contributed by atoms with van der Waals surface area (Å²) < 4.78 is 0. The van der Waals surface area contributed by atoms with E-state index in [4.69, 9.17) is 5.53 Å². The molecule has 4 nitrogen and oxygen atoms in total. The van der Waals surface area contributed by atoms with Crippen molar-refractivity contribution in [2.24, 2.45) is 15.3 Å². The number of hydrogen-bond donors (Lipinski definition) is 0. The third-order valence-corrected chi connectivity index (χ3v) is 0.268. The SMILES string of the molecule is CN=NCN=[N-].C[C-](C)C.[W+2].[W].[W]. The maximum atomic E-state index is 7.67. The third kappa shape index (κ3) is 92.5. The van der Waals surface area contributed by atoms with Crippen molar-refractivity contribution in [3.8, 4) is 0 Å². The fourth-order valence-corrected chi connectivity index (χ4v) is 0.0915. The first-order valence-electron chi connectivity index (χ1n) is 2.98. The summed E-state index contributed by atoms with van der Waals surface area (Å²) >= 11 is 0. The first kappa shape index (κ1) is 29.2. The van der Waals surface area contributed by atoms with Crippen LogP contribution in [0, 0.1) is 5.92 Å². The van der Waals surface area contributed by atoms with Crippen molar-refractivity contribution in [2.45, 2.75) is 20.8 Å². The quantitative estimate of drug-likeness (QED) is 0.316. The summed E-state index contributed by atoms with van der Waals surface area (Å²) in [4.78, 5) is 0. The first-order chi connectivity index (χ1) is 4.65. The molecule has 0 atom stereocenters. The van der Waals surface area contributed by atoms with Crippen LogP contribution >= 0.6 is 0 Å². The summed E-state index contributed by atoms with van der Waals surface area (Å²) in [6, 6.07) is 0. The van der Waals surface area contributed by atoms with Gasteiger partial charge in [0, 0.05) is 49.2 Å². The summed E-state index contributed by atoms with van der Waals surface area (Å²) in [6.07, 6.45) is 0. The minimum absolute atomic E-state index is 0. The fraction of sp³-hybridized carbons (Fsp3) is 0.833. The molecule has 0 bridgehead atoms. The molecule has 0 saturated heterocycles. The van der Waals surface area contributed by atoms with Crippen LogP contribution in [0.2, 0.25) is 0 Å². The van der Waals surface area contributed by atoms with Crippen LogP contribution < -0.4 is 0 Å². The van der Waals surface area contributed by atoms with Gasteiger partial charge < -0.3 is 16.6 Å². The van der Waals surface area contributed by atoms with Gasteiger partial charge in [-0.05, 0) is 0 Å². The topological polar surface area (TPSA) is 59.4 Å². The minimum atomic E-state index is 0. The summed E-state index contributed by atoms with van der Waals surface area (Å²) in [7, 11) is 1.52. The Morgan fingerprint density at radius 1 is 1.15 bits per heavy atom. The molecule has 0 heterocycles. The van der Waals surface area contributed by atoms with Crippen LogP contribution in [0.25, 0.3) is 5.53 Å². The molecule has 0 unspecified atom stereocenters. The van der Waals surface area contributed by atoms with E-state index in [1.807, 2.05) is 0 Å². The van der Waals surface area contributed by atoms with Crippen molar-refractivity contribution < 1.29 is 63.2 Å². The van der Waals surface area contributed by atoms with Crippen molar-refractivity contribution in [3.63, 3.8) is 0 Å². The van der Waals surface area contributed by atoms with Crippen LogP contribution in [-0.4, -0.2) is 13.7 Å². The maximum absolute atomic E-state index is 7.67. The Balaban J connectivity index is -0.0000000279. The number of rotatable bonds is 2. The van der Waals surface area contributed by atoms with Crippen LogP contribution in [0.4, 0.5) is 0 Å². The average molecular weight is 694 g/mol. The Morgan fingerprint density at radius 2 is 1.46 bits per heavy atom. The molecule has 0 aliphatic heterocycles. The second kappa shape index (κ2) is 29.2. The first-order valence-corrected chi connectivity index (χ1v) is 2.98. The van der Waals surface area contributed by atoms with Crippen LogP contribution in [-0.2, 0) is 63.2 Å². The van der Waals surface area contributed by atoms with E-state index >= 15 is 0 Å². The molecule has 0 aliphatic rings. The van der Waals surface area contributed by atoms with Gasteiger partial charge in [0.2, 0.25) is 0 Å². The second-order valence-corrected chi connectivity index (χ2v) is 2.12. The molecule has 0 spiro atoms. The smallest absolute Gasteiger partial charge is 0.710 e. The van der Waals surface area contributed by atoms with E-state index in [1.54, 1.807) is 0 Å². The van der Waals surface area contributed by atoms with Crippen molar-refractivity contribution in [1.82, 2.24) is 0 Å². The minimum Gasteiger partial charge on any atom is -0.710 e. The van der Waals surface area contributed by atoms with Crippen molar-refractivity contribution >= 4 is 0 Å². The molecule has 0 aromatic rings. The summed E-state index contributed by atoms with van der Waals surface area (Å²) in [6.45, 7) is 6.30. The average Bonchev–Trinajstić information content (AvgIpc) is 1.82. The van der Waals surface area contributed by atoms with E-state index in [0.29, 0.717) is 0 Å². The molecule has 0 saturated carbocycles. The Labute approximate surface area is 123 Å². The van der Waals surface area contributed by atoms with Gasteiger partial charge in [0.15, 0.2) is 0 Å². The zero-order valence-corrected chi connectivity index (χ0v) is 17.0. The molecule has 0 aromatic carbocycles. The Hall–Kier alpha value is 1.26. The molecule has 0 rings (SSSR count). The van der Waals surface area contributed by atoms with Crippen LogP contribution in [0.3, 0.4) is 0 Å². The zero-order chi connectivity index (χ0) is 8.41. The fourth-order valence-electron chi connectivity index (χ4n) is 0.0915. The van der Waals surface area contributed by atoms with E-state index in [1.165, 1.54) is 13.0 Å². The molecule has 0 fully saturated rings. The monoisotopic (exact) mass is 694 g/mol. The number of hydrogen-bond acceptors (Lipinski definition) is 3. The van der Waals surface area contributed by atoms with E-state index in [9.17, 15) is 0 Å². The Bertz CT molecular complexity index is 95.1. The molecule has 0 N–H and O–H groups in total. The molecular weight excluding hydrogens is 680 g/mol. The summed E-state index contributed by atoms with van der Waals surface area (Å²) in [5.41, 5.74) is 7.67. The molecule has 0 radical (unpaired) electrons. The molecule has 7 heteroatoms.